The smallest absolute Gasteiger partial charge is 0.0828 e. The zero-order chi connectivity index (χ0) is 13.1. The fraction of sp³-hybridized carbons (Fsp3) is 0.769. The maximum Gasteiger partial charge on any atom is 0.0828 e. The van der Waals surface area contributed by atoms with Crippen molar-refractivity contribution in [1.82, 2.24) is 14.7 Å². The number of rotatable bonds is 4. The molecule has 2 rings (SSSR count). The second-order valence-corrected chi connectivity index (χ2v) is 5.38. The molecular weight excluding hydrogens is 228 g/mol. The van der Waals surface area contributed by atoms with Crippen LogP contribution in [0.2, 0.25) is 0 Å². The predicted octanol–water partition coefficient (Wildman–Crippen LogP) is 1.01. The number of morpholine rings is 1. The van der Waals surface area contributed by atoms with Crippen LogP contribution in [0.1, 0.15) is 32.5 Å². The van der Waals surface area contributed by atoms with Gasteiger partial charge < -0.3 is 10.5 Å². The van der Waals surface area contributed by atoms with Gasteiger partial charge in [0, 0.05) is 38.4 Å². The normalized spacial score (nSPS) is 25.8. The third kappa shape index (κ3) is 3.31. The lowest BCUT2D eigenvalue weighted by molar-refractivity contribution is -0.0748. The quantitative estimate of drug-likeness (QED) is 0.869. The third-order valence-corrected chi connectivity index (χ3v) is 3.24. The maximum absolute atomic E-state index is 5.75. The zero-order valence-corrected chi connectivity index (χ0v) is 11.5. The number of ether oxygens (including phenoxy) is 1. The molecule has 0 bridgehead atoms. The van der Waals surface area contributed by atoms with Crippen LogP contribution in [0.25, 0.3) is 0 Å². The Kier molecular flexibility index (Phi) is 4.37. The van der Waals surface area contributed by atoms with Gasteiger partial charge in [-0.1, -0.05) is 0 Å². The van der Waals surface area contributed by atoms with Crippen molar-refractivity contribution >= 4 is 0 Å². The summed E-state index contributed by atoms with van der Waals surface area (Å²) in [7, 11) is 0. The molecule has 0 saturated carbocycles. The van der Waals surface area contributed by atoms with Crippen molar-refractivity contribution < 1.29 is 4.74 Å². The van der Waals surface area contributed by atoms with Crippen molar-refractivity contribution in [1.29, 1.82) is 0 Å². The van der Waals surface area contributed by atoms with Crippen LogP contribution in [0.15, 0.2) is 12.3 Å². The number of hydrogen-bond acceptors (Lipinski definition) is 4. The van der Waals surface area contributed by atoms with Crippen LogP contribution in [0.3, 0.4) is 0 Å². The molecule has 1 aliphatic rings. The lowest BCUT2D eigenvalue weighted by atomic mass is 10.2. The molecule has 18 heavy (non-hydrogen) atoms. The summed E-state index contributed by atoms with van der Waals surface area (Å²) < 4.78 is 7.75. The monoisotopic (exact) mass is 252 g/mol. The van der Waals surface area contributed by atoms with Crippen LogP contribution < -0.4 is 5.73 Å². The van der Waals surface area contributed by atoms with Crippen molar-refractivity contribution in [3.8, 4) is 0 Å². The highest BCUT2D eigenvalue weighted by molar-refractivity contribution is 5.00. The average molecular weight is 252 g/mol. The van der Waals surface area contributed by atoms with Crippen molar-refractivity contribution in [3.05, 3.63) is 18.0 Å². The maximum atomic E-state index is 5.75. The van der Waals surface area contributed by atoms with E-state index >= 15 is 0 Å². The lowest BCUT2D eigenvalue weighted by Crippen LogP contribution is -2.48. The molecule has 1 aromatic heterocycles. The fourth-order valence-corrected chi connectivity index (χ4v) is 2.38. The number of nitrogens with zero attached hydrogens (tertiary/aromatic N) is 3. The first-order valence-corrected chi connectivity index (χ1v) is 6.70. The summed E-state index contributed by atoms with van der Waals surface area (Å²) in [6.07, 6.45) is 2.45. The van der Waals surface area contributed by atoms with Crippen LogP contribution >= 0.6 is 0 Å². The molecule has 2 unspecified atom stereocenters. The number of nitrogens with two attached hydrogens (primary N) is 1. The molecule has 2 N–H and O–H groups in total. The van der Waals surface area contributed by atoms with E-state index < -0.39 is 0 Å². The summed E-state index contributed by atoms with van der Waals surface area (Å²) in [5.41, 5.74) is 6.81. The summed E-state index contributed by atoms with van der Waals surface area (Å²) in [4.78, 5) is 2.37. The van der Waals surface area contributed by atoms with Crippen molar-refractivity contribution in [2.24, 2.45) is 5.73 Å². The summed E-state index contributed by atoms with van der Waals surface area (Å²) in [5, 5.41) is 4.58. The van der Waals surface area contributed by atoms with Gasteiger partial charge in [0.15, 0.2) is 0 Å². The Labute approximate surface area is 109 Å². The molecule has 0 spiro atoms. The highest BCUT2D eigenvalue weighted by Crippen LogP contribution is 2.14. The highest BCUT2D eigenvalue weighted by atomic mass is 16.5. The molecular formula is C13H24N4O. The molecule has 0 aliphatic carbocycles. The molecule has 0 amide bonds. The Morgan fingerprint density at radius 1 is 1.50 bits per heavy atom. The molecule has 5 nitrogen and oxygen atoms in total. The van der Waals surface area contributed by atoms with Gasteiger partial charge in [0.25, 0.3) is 0 Å². The average Bonchev–Trinajstić information content (AvgIpc) is 2.76. The van der Waals surface area contributed by atoms with Gasteiger partial charge in [-0.05, 0) is 26.8 Å². The largest absolute Gasteiger partial charge is 0.371 e. The minimum Gasteiger partial charge on any atom is -0.371 e. The summed E-state index contributed by atoms with van der Waals surface area (Å²) in [6, 6.07) is 2.51. The van der Waals surface area contributed by atoms with E-state index in [0.29, 0.717) is 12.6 Å². The molecule has 0 aromatic carbocycles. The minimum absolute atomic E-state index is 0.154. The van der Waals surface area contributed by atoms with E-state index in [1.807, 2.05) is 10.9 Å². The van der Waals surface area contributed by atoms with Gasteiger partial charge in [-0.15, -0.1) is 0 Å². The Hall–Kier alpha value is -0.910. The summed E-state index contributed by atoms with van der Waals surface area (Å²) in [6.45, 7) is 9.68. The predicted molar refractivity (Wildman–Crippen MR) is 71.3 cm³/mol. The van der Waals surface area contributed by atoms with Gasteiger partial charge >= 0.3 is 0 Å². The van der Waals surface area contributed by atoms with Gasteiger partial charge in [0.05, 0.1) is 17.9 Å². The van der Waals surface area contributed by atoms with Crippen molar-refractivity contribution in [2.45, 2.75) is 45.6 Å². The molecule has 2 heterocycles. The highest BCUT2D eigenvalue weighted by Gasteiger charge is 2.24. The van der Waals surface area contributed by atoms with E-state index in [1.54, 1.807) is 0 Å². The summed E-state index contributed by atoms with van der Waals surface area (Å²) in [5.74, 6) is 0. The Bertz CT molecular complexity index is 377. The van der Waals surface area contributed by atoms with Crippen LogP contribution in [-0.4, -0.2) is 46.5 Å². The lowest BCUT2D eigenvalue weighted by Gasteiger charge is -2.35. The molecule has 102 valence electrons. The standard InChI is InChI=1S/C13H24N4O/c1-10(2)17-5-4-12(15-17)8-16-7-11(3)18-13(6-14)9-16/h4-5,10-11,13H,6-9,14H2,1-3H3. The number of hydrogen-bond donors (Lipinski definition) is 1. The Balaban J connectivity index is 1.95. The van der Waals surface area contributed by atoms with Crippen molar-refractivity contribution in [2.75, 3.05) is 19.6 Å². The fourth-order valence-electron chi connectivity index (χ4n) is 2.38. The van der Waals surface area contributed by atoms with Gasteiger partial charge in [0.1, 0.15) is 0 Å². The molecule has 1 aliphatic heterocycles. The second kappa shape index (κ2) is 5.82. The van der Waals surface area contributed by atoms with Crippen LogP contribution in [0.4, 0.5) is 0 Å². The summed E-state index contributed by atoms with van der Waals surface area (Å²) >= 11 is 0. The van der Waals surface area contributed by atoms with Crippen molar-refractivity contribution in [3.63, 3.8) is 0 Å². The van der Waals surface area contributed by atoms with E-state index in [0.717, 1.165) is 25.3 Å². The van der Waals surface area contributed by atoms with E-state index in [4.69, 9.17) is 10.5 Å². The topological polar surface area (TPSA) is 56.3 Å². The van der Waals surface area contributed by atoms with E-state index in [2.05, 4.69) is 36.8 Å². The van der Waals surface area contributed by atoms with Gasteiger partial charge in [0.2, 0.25) is 0 Å². The molecule has 0 radical (unpaired) electrons. The Morgan fingerprint density at radius 2 is 2.28 bits per heavy atom. The van der Waals surface area contributed by atoms with Gasteiger partial charge in [-0.25, -0.2) is 0 Å². The molecule has 1 fully saturated rings. The first kappa shape index (κ1) is 13.5. The Morgan fingerprint density at radius 3 is 2.89 bits per heavy atom. The van der Waals surface area contributed by atoms with Gasteiger partial charge in [-0.2, -0.15) is 5.10 Å². The third-order valence-electron chi connectivity index (χ3n) is 3.24. The minimum atomic E-state index is 0.154. The molecule has 2 atom stereocenters. The van der Waals surface area contributed by atoms with E-state index in [9.17, 15) is 0 Å². The molecule has 1 aromatic rings. The molecule has 5 heteroatoms. The van der Waals surface area contributed by atoms with Crippen LogP contribution in [-0.2, 0) is 11.3 Å². The number of aromatic nitrogens is 2. The SMILES string of the molecule is CC1CN(Cc2ccn(C(C)C)n2)CC(CN)O1. The second-order valence-electron chi connectivity index (χ2n) is 5.38. The van der Waals surface area contributed by atoms with Crippen LogP contribution in [0.5, 0.6) is 0 Å². The van der Waals surface area contributed by atoms with Crippen LogP contribution in [0, 0.1) is 0 Å². The zero-order valence-electron chi connectivity index (χ0n) is 11.5. The first-order valence-electron chi connectivity index (χ1n) is 6.70. The van der Waals surface area contributed by atoms with Gasteiger partial charge in [-0.3, -0.25) is 9.58 Å². The molecule has 1 saturated heterocycles. The first-order chi connectivity index (χ1) is 8.58. The van der Waals surface area contributed by atoms with E-state index in [1.165, 1.54) is 0 Å². The van der Waals surface area contributed by atoms with E-state index in [-0.39, 0.29) is 12.2 Å².